The van der Waals surface area contributed by atoms with Crippen LogP contribution in [0.15, 0.2) is 45.5 Å². The van der Waals surface area contributed by atoms with Crippen molar-refractivity contribution < 1.29 is 9.50 Å². The molecule has 2 aromatic rings. The maximum Gasteiger partial charge on any atom is 0.127 e. The standard InChI is InChI=1S/C13H10Br2FNO/c14-9-2-1-8(11(16)6-9)5-13(18)12-4-3-10(15)7-17-12/h1-4,6-7,13,18H,5H2. The van der Waals surface area contributed by atoms with Gasteiger partial charge in [-0.2, -0.15) is 0 Å². The predicted octanol–water partition coefficient (Wildman–Crippen LogP) is 4.02. The lowest BCUT2D eigenvalue weighted by Gasteiger charge is -2.11. The third-order valence-electron chi connectivity index (χ3n) is 2.52. The summed E-state index contributed by atoms with van der Waals surface area (Å²) < 4.78 is 15.1. The molecule has 0 saturated heterocycles. The summed E-state index contributed by atoms with van der Waals surface area (Å²) in [6.45, 7) is 0. The van der Waals surface area contributed by atoms with Gasteiger partial charge >= 0.3 is 0 Å². The number of nitrogens with zero attached hydrogens (tertiary/aromatic N) is 1. The molecule has 1 unspecified atom stereocenters. The Morgan fingerprint density at radius 2 is 1.89 bits per heavy atom. The van der Waals surface area contributed by atoms with E-state index in [1.165, 1.54) is 6.07 Å². The fourth-order valence-corrected chi connectivity index (χ4v) is 2.15. The summed E-state index contributed by atoms with van der Waals surface area (Å²) >= 11 is 6.47. The molecule has 0 fully saturated rings. The first-order chi connectivity index (χ1) is 8.56. The number of pyridine rings is 1. The molecular weight excluding hydrogens is 365 g/mol. The first-order valence-electron chi connectivity index (χ1n) is 5.29. The van der Waals surface area contributed by atoms with Crippen LogP contribution in [0.4, 0.5) is 4.39 Å². The summed E-state index contributed by atoms with van der Waals surface area (Å²) in [5.74, 6) is -0.333. The van der Waals surface area contributed by atoms with Crippen LogP contribution in [0.25, 0.3) is 0 Å². The minimum atomic E-state index is -0.811. The zero-order valence-electron chi connectivity index (χ0n) is 9.28. The van der Waals surface area contributed by atoms with Crippen LogP contribution in [0.1, 0.15) is 17.4 Å². The largest absolute Gasteiger partial charge is 0.386 e. The molecule has 5 heteroatoms. The molecule has 1 aromatic heterocycles. The molecule has 1 aromatic carbocycles. The van der Waals surface area contributed by atoms with Crippen LogP contribution in [-0.2, 0) is 6.42 Å². The van der Waals surface area contributed by atoms with Crippen molar-refractivity contribution >= 4 is 31.9 Å². The average molecular weight is 375 g/mol. The van der Waals surface area contributed by atoms with E-state index in [9.17, 15) is 9.50 Å². The number of hydrogen-bond acceptors (Lipinski definition) is 2. The van der Waals surface area contributed by atoms with Crippen LogP contribution in [0, 0.1) is 5.82 Å². The molecule has 1 atom stereocenters. The lowest BCUT2D eigenvalue weighted by atomic mass is 10.0. The Kier molecular flexibility index (Phi) is 4.48. The highest BCUT2D eigenvalue weighted by atomic mass is 79.9. The maximum atomic E-state index is 13.6. The zero-order chi connectivity index (χ0) is 13.1. The minimum absolute atomic E-state index is 0.202. The summed E-state index contributed by atoms with van der Waals surface area (Å²) in [5.41, 5.74) is 0.996. The second-order valence-electron chi connectivity index (χ2n) is 3.86. The summed E-state index contributed by atoms with van der Waals surface area (Å²) in [5, 5.41) is 10.0. The van der Waals surface area contributed by atoms with E-state index in [0.717, 1.165) is 4.47 Å². The Labute approximate surface area is 121 Å². The third kappa shape index (κ3) is 3.37. The van der Waals surface area contributed by atoms with E-state index in [4.69, 9.17) is 0 Å². The van der Waals surface area contributed by atoms with Crippen LogP contribution in [-0.4, -0.2) is 10.1 Å². The maximum absolute atomic E-state index is 13.6. The van der Waals surface area contributed by atoms with Gasteiger partial charge in [-0.1, -0.05) is 22.0 Å². The number of hydrogen-bond donors (Lipinski definition) is 1. The molecule has 0 aliphatic rings. The Morgan fingerprint density at radius 3 is 2.50 bits per heavy atom. The number of benzene rings is 1. The zero-order valence-corrected chi connectivity index (χ0v) is 12.4. The van der Waals surface area contributed by atoms with Gasteiger partial charge in [0.25, 0.3) is 0 Å². The number of aliphatic hydroxyl groups excluding tert-OH is 1. The molecule has 0 radical (unpaired) electrons. The van der Waals surface area contributed by atoms with E-state index >= 15 is 0 Å². The van der Waals surface area contributed by atoms with Crippen LogP contribution >= 0.6 is 31.9 Å². The van der Waals surface area contributed by atoms with Gasteiger partial charge in [-0.15, -0.1) is 0 Å². The van der Waals surface area contributed by atoms with Crippen molar-refractivity contribution in [2.45, 2.75) is 12.5 Å². The molecule has 94 valence electrons. The smallest absolute Gasteiger partial charge is 0.127 e. The molecule has 1 N–H and O–H groups in total. The molecule has 0 bridgehead atoms. The first kappa shape index (κ1) is 13.6. The van der Waals surface area contributed by atoms with Gasteiger partial charge in [-0.05, 0) is 45.8 Å². The van der Waals surface area contributed by atoms with Gasteiger partial charge in [0, 0.05) is 21.6 Å². The van der Waals surface area contributed by atoms with Crippen molar-refractivity contribution in [3.8, 4) is 0 Å². The van der Waals surface area contributed by atoms with Crippen LogP contribution in [0.2, 0.25) is 0 Å². The average Bonchev–Trinajstić information content (AvgIpc) is 2.33. The van der Waals surface area contributed by atoms with Crippen LogP contribution in [0.3, 0.4) is 0 Å². The van der Waals surface area contributed by atoms with Crippen molar-refractivity contribution in [2.75, 3.05) is 0 Å². The third-order valence-corrected chi connectivity index (χ3v) is 3.48. The summed E-state index contributed by atoms with van der Waals surface area (Å²) in [6, 6.07) is 8.30. The molecule has 0 aliphatic heterocycles. The molecule has 2 rings (SSSR count). The second-order valence-corrected chi connectivity index (χ2v) is 5.69. The molecule has 1 heterocycles. The lowest BCUT2D eigenvalue weighted by Crippen LogP contribution is -2.05. The SMILES string of the molecule is OC(Cc1ccc(Br)cc1F)c1ccc(Br)cn1. The van der Waals surface area contributed by atoms with E-state index < -0.39 is 6.10 Å². The van der Waals surface area contributed by atoms with Crippen molar-refractivity contribution in [1.29, 1.82) is 0 Å². The van der Waals surface area contributed by atoms with Crippen LogP contribution in [0.5, 0.6) is 0 Å². The normalized spacial score (nSPS) is 12.4. The summed E-state index contributed by atoms with van der Waals surface area (Å²) in [6.07, 6.45) is 0.998. The van der Waals surface area contributed by atoms with Gasteiger partial charge in [-0.3, -0.25) is 4.98 Å². The summed E-state index contributed by atoms with van der Waals surface area (Å²) in [4.78, 5) is 4.09. The molecule has 0 spiro atoms. The van der Waals surface area contributed by atoms with Crippen molar-refractivity contribution in [3.63, 3.8) is 0 Å². The van der Waals surface area contributed by atoms with Gasteiger partial charge in [-0.25, -0.2) is 4.39 Å². The monoisotopic (exact) mass is 373 g/mol. The van der Waals surface area contributed by atoms with E-state index in [0.29, 0.717) is 15.7 Å². The number of halogens is 3. The van der Waals surface area contributed by atoms with Crippen molar-refractivity contribution in [3.05, 3.63) is 62.5 Å². The Balaban J connectivity index is 2.15. The van der Waals surface area contributed by atoms with E-state index in [-0.39, 0.29) is 12.2 Å². The fourth-order valence-electron chi connectivity index (χ4n) is 1.58. The highest BCUT2D eigenvalue weighted by Gasteiger charge is 2.13. The number of aliphatic hydroxyl groups is 1. The molecule has 0 saturated carbocycles. The van der Waals surface area contributed by atoms with Gasteiger partial charge in [0.1, 0.15) is 11.9 Å². The Morgan fingerprint density at radius 1 is 1.17 bits per heavy atom. The van der Waals surface area contributed by atoms with Crippen molar-refractivity contribution in [2.24, 2.45) is 0 Å². The van der Waals surface area contributed by atoms with E-state index in [1.807, 2.05) is 0 Å². The second kappa shape index (κ2) is 5.91. The first-order valence-corrected chi connectivity index (χ1v) is 6.88. The van der Waals surface area contributed by atoms with Crippen LogP contribution < -0.4 is 0 Å². The summed E-state index contributed by atoms with van der Waals surface area (Å²) in [7, 11) is 0. The predicted molar refractivity (Wildman–Crippen MR) is 74.7 cm³/mol. The topological polar surface area (TPSA) is 33.1 Å². The van der Waals surface area contributed by atoms with Gasteiger partial charge < -0.3 is 5.11 Å². The molecule has 0 aliphatic carbocycles. The number of rotatable bonds is 3. The quantitative estimate of drug-likeness (QED) is 0.880. The van der Waals surface area contributed by atoms with E-state index in [2.05, 4.69) is 36.8 Å². The number of aromatic nitrogens is 1. The molecular formula is C13H10Br2FNO. The lowest BCUT2D eigenvalue weighted by molar-refractivity contribution is 0.172. The minimum Gasteiger partial charge on any atom is -0.386 e. The Bertz CT molecular complexity index is 545. The van der Waals surface area contributed by atoms with Gasteiger partial charge in [0.05, 0.1) is 5.69 Å². The highest BCUT2D eigenvalue weighted by Crippen LogP contribution is 2.22. The fraction of sp³-hybridized carbons (Fsp3) is 0.154. The molecule has 2 nitrogen and oxygen atoms in total. The van der Waals surface area contributed by atoms with Crippen molar-refractivity contribution in [1.82, 2.24) is 4.98 Å². The molecule has 0 amide bonds. The molecule has 18 heavy (non-hydrogen) atoms. The van der Waals surface area contributed by atoms with Gasteiger partial charge in [0.15, 0.2) is 0 Å². The highest BCUT2D eigenvalue weighted by molar-refractivity contribution is 9.10. The van der Waals surface area contributed by atoms with E-state index in [1.54, 1.807) is 30.5 Å². The van der Waals surface area contributed by atoms with Gasteiger partial charge in [0.2, 0.25) is 0 Å². The Hall–Kier alpha value is -0.780.